The van der Waals surface area contributed by atoms with E-state index in [0.29, 0.717) is 11.3 Å². The molecule has 2 rings (SSSR count). The number of rotatable bonds is 2. The van der Waals surface area contributed by atoms with Crippen LogP contribution in [0.25, 0.3) is 0 Å². The topological polar surface area (TPSA) is 75.4 Å². The van der Waals surface area contributed by atoms with Crippen LogP contribution in [0, 0.1) is 0 Å². The van der Waals surface area contributed by atoms with E-state index in [0.717, 1.165) is 25.9 Å². The molecule has 0 saturated carbocycles. The van der Waals surface area contributed by atoms with E-state index in [1.54, 1.807) is 24.3 Å². The van der Waals surface area contributed by atoms with E-state index in [1.165, 1.54) is 0 Å². The lowest BCUT2D eigenvalue weighted by Gasteiger charge is -2.15. The highest BCUT2D eigenvalue weighted by Gasteiger charge is 2.19. The number of urea groups is 1. The van der Waals surface area contributed by atoms with Crippen LogP contribution in [0.4, 0.5) is 10.5 Å². The molecule has 0 bridgehead atoms. The number of hydrogen-bond acceptors (Lipinski definition) is 2. The average molecular weight is 237 g/mol. The molecule has 1 aromatic carbocycles. The van der Waals surface area contributed by atoms with Gasteiger partial charge in [0, 0.05) is 27.2 Å². The number of anilines is 1. The van der Waals surface area contributed by atoms with E-state index in [2.05, 4.69) is 5.32 Å². The molecular weight excluding hydrogens is 218 g/mol. The Morgan fingerprint density at radius 3 is 2.29 bits per heavy atom. The Balaban J connectivity index is 0.00000162. The van der Waals surface area contributed by atoms with Gasteiger partial charge in [0.05, 0.1) is 0 Å². The van der Waals surface area contributed by atoms with Crippen molar-refractivity contribution >= 4 is 17.6 Å². The first-order valence-corrected chi connectivity index (χ1v) is 5.62. The van der Waals surface area contributed by atoms with Gasteiger partial charge >= 0.3 is 6.03 Å². The van der Waals surface area contributed by atoms with Crippen LogP contribution in [0.5, 0.6) is 0 Å². The first kappa shape index (κ1) is 11.4. The lowest BCUT2D eigenvalue weighted by atomic mass is 10.2. The summed E-state index contributed by atoms with van der Waals surface area (Å²) in [4.78, 5) is 24.5. The highest BCUT2D eigenvalue weighted by molar-refractivity contribution is 5.95. The molecule has 1 fully saturated rings. The Morgan fingerprint density at radius 1 is 1.18 bits per heavy atom. The van der Waals surface area contributed by atoms with Gasteiger partial charge in [0.1, 0.15) is 0 Å². The van der Waals surface area contributed by atoms with Gasteiger partial charge in [0.2, 0.25) is 0 Å². The summed E-state index contributed by atoms with van der Waals surface area (Å²) in [5.41, 5.74) is 6.23. The van der Waals surface area contributed by atoms with E-state index >= 15 is 0 Å². The second kappa shape index (κ2) is 4.86. The van der Waals surface area contributed by atoms with Crippen LogP contribution in [-0.4, -0.2) is 29.9 Å². The lowest BCUT2D eigenvalue weighted by molar-refractivity contribution is 0.0793. The number of carbonyl (C=O) groups excluding carboxylic acids is 2. The summed E-state index contributed by atoms with van der Waals surface area (Å²) in [6, 6.07) is 6.14. The maximum absolute atomic E-state index is 12.0. The number of amides is 3. The zero-order chi connectivity index (χ0) is 12.3. The average Bonchev–Trinajstić information content (AvgIpc) is 2.82. The lowest BCUT2D eigenvalue weighted by Crippen LogP contribution is -2.27. The van der Waals surface area contributed by atoms with Crippen LogP contribution in [0.2, 0.25) is 0 Å². The zero-order valence-corrected chi connectivity index (χ0v) is 9.48. The van der Waals surface area contributed by atoms with Gasteiger partial charge in [-0.25, -0.2) is 4.79 Å². The van der Waals surface area contributed by atoms with Gasteiger partial charge in [-0.3, -0.25) is 4.79 Å². The van der Waals surface area contributed by atoms with Crippen molar-refractivity contribution in [3.05, 3.63) is 29.8 Å². The van der Waals surface area contributed by atoms with Gasteiger partial charge in [0.25, 0.3) is 5.91 Å². The number of hydrogen-bond donors (Lipinski definition) is 2. The van der Waals surface area contributed by atoms with Gasteiger partial charge in [-0.15, -0.1) is 0 Å². The minimum absolute atomic E-state index is 0. The van der Waals surface area contributed by atoms with Crippen molar-refractivity contribution in [2.75, 3.05) is 18.4 Å². The molecule has 17 heavy (non-hydrogen) atoms. The molecule has 94 valence electrons. The summed E-state index contributed by atoms with van der Waals surface area (Å²) in [5, 5.41) is 2.45. The Bertz CT molecular complexity index is 431. The fraction of sp³-hybridized carbons (Fsp3) is 0.333. The van der Waals surface area contributed by atoms with Crippen molar-refractivity contribution in [2.45, 2.75) is 12.8 Å². The summed E-state index contributed by atoms with van der Waals surface area (Å²) >= 11 is 0. The molecule has 1 heterocycles. The molecule has 3 amide bonds. The zero-order valence-electron chi connectivity index (χ0n) is 9.48. The Hall–Kier alpha value is -2.04. The third kappa shape index (κ3) is 2.75. The standard InChI is InChI=1S/C12H15N3O2.2H2/c13-12(17)14-10-5-3-9(4-6-10)11(16)15-7-1-2-8-15;;/h3-6H,1-2,7-8H2,(H3,13,14,17);2*1H. The van der Waals surface area contributed by atoms with Crippen molar-refractivity contribution in [3.63, 3.8) is 0 Å². The molecule has 1 aliphatic rings. The van der Waals surface area contributed by atoms with Crippen LogP contribution in [-0.2, 0) is 0 Å². The predicted octanol–water partition coefficient (Wildman–Crippen LogP) is 1.91. The third-order valence-electron chi connectivity index (χ3n) is 2.79. The van der Waals surface area contributed by atoms with Crippen molar-refractivity contribution in [2.24, 2.45) is 5.73 Å². The quantitative estimate of drug-likeness (QED) is 0.824. The number of nitrogens with two attached hydrogens (primary N) is 1. The van der Waals surface area contributed by atoms with E-state index in [4.69, 9.17) is 5.73 Å². The molecule has 1 saturated heterocycles. The molecule has 1 aliphatic heterocycles. The molecule has 3 N–H and O–H groups in total. The highest BCUT2D eigenvalue weighted by atomic mass is 16.2. The third-order valence-corrected chi connectivity index (χ3v) is 2.79. The second-order valence-corrected chi connectivity index (χ2v) is 4.07. The predicted molar refractivity (Wildman–Crippen MR) is 69.0 cm³/mol. The largest absolute Gasteiger partial charge is 0.351 e. The normalized spacial score (nSPS) is 14.7. The minimum Gasteiger partial charge on any atom is -0.351 e. The SMILES string of the molecule is NC(=O)Nc1ccc(C(=O)N2CCCC2)cc1.[HH].[HH]. The summed E-state index contributed by atoms with van der Waals surface area (Å²) in [6.07, 6.45) is 2.15. The van der Waals surface area contributed by atoms with Crippen LogP contribution >= 0.6 is 0 Å². The Labute approximate surface area is 103 Å². The molecule has 0 radical (unpaired) electrons. The van der Waals surface area contributed by atoms with E-state index < -0.39 is 6.03 Å². The maximum atomic E-state index is 12.0. The number of benzene rings is 1. The van der Waals surface area contributed by atoms with Gasteiger partial charge in [-0.2, -0.15) is 0 Å². The maximum Gasteiger partial charge on any atom is 0.316 e. The van der Waals surface area contributed by atoms with Crippen molar-refractivity contribution in [3.8, 4) is 0 Å². The molecule has 0 aromatic heterocycles. The summed E-state index contributed by atoms with van der Waals surface area (Å²) in [5.74, 6) is 0.0492. The van der Waals surface area contributed by atoms with E-state index in [1.807, 2.05) is 4.90 Å². The van der Waals surface area contributed by atoms with Crippen molar-refractivity contribution < 1.29 is 12.4 Å². The summed E-state index contributed by atoms with van der Waals surface area (Å²) in [6.45, 7) is 1.67. The molecule has 1 aromatic rings. The van der Waals surface area contributed by atoms with E-state index in [-0.39, 0.29) is 8.76 Å². The van der Waals surface area contributed by atoms with Gasteiger partial charge < -0.3 is 16.0 Å². The minimum atomic E-state index is -0.608. The monoisotopic (exact) mass is 237 g/mol. The molecule has 0 unspecified atom stereocenters. The smallest absolute Gasteiger partial charge is 0.316 e. The number of likely N-dealkylation sites (tertiary alicyclic amines) is 1. The fourth-order valence-electron chi connectivity index (χ4n) is 1.94. The summed E-state index contributed by atoms with van der Waals surface area (Å²) in [7, 11) is 0. The van der Waals surface area contributed by atoms with Crippen LogP contribution in [0.15, 0.2) is 24.3 Å². The Kier molecular flexibility index (Phi) is 3.27. The van der Waals surface area contributed by atoms with Gasteiger partial charge in [0.15, 0.2) is 0 Å². The molecule has 0 spiro atoms. The number of primary amides is 1. The van der Waals surface area contributed by atoms with Crippen LogP contribution < -0.4 is 11.1 Å². The number of nitrogens with zero attached hydrogens (tertiary/aromatic N) is 1. The highest BCUT2D eigenvalue weighted by Crippen LogP contribution is 2.15. The molecule has 0 atom stereocenters. The van der Waals surface area contributed by atoms with E-state index in [9.17, 15) is 9.59 Å². The van der Waals surface area contributed by atoms with Gasteiger partial charge in [-0.05, 0) is 37.1 Å². The van der Waals surface area contributed by atoms with Crippen LogP contribution in [0.1, 0.15) is 26.1 Å². The number of carbonyl (C=O) groups is 2. The molecular formula is C12H19N3O2. The van der Waals surface area contributed by atoms with Crippen molar-refractivity contribution in [1.82, 2.24) is 4.90 Å². The molecule has 5 heteroatoms. The molecule has 0 aliphatic carbocycles. The summed E-state index contributed by atoms with van der Waals surface area (Å²) < 4.78 is 0. The first-order chi connectivity index (χ1) is 8.16. The van der Waals surface area contributed by atoms with Gasteiger partial charge in [-0.1, -0.05) is 0 Å². The van der Waals surface area contributed by atoms with Crippen LogP contribution in [0.3, 0.4) is 0 Å². The van der Waals surface area contributed by atoms with Crippen molar-refractivity contribution in [1.29, 1.82) is 0 Å². The first-order valence-electron chi connectivity index (χ1n) is 5.62. The fourth-order valence-corrected chi connectivity index (χ4v) is 1.94. The second-order valence-electron chi connectivity index (χ2n) is 4.07. The Morgan fingerprint density at radius 2 is 1.76 bits per heavy atom. The number of nitrogens with one attached hydrogen (secondary N) is 1. The molecule has 5 nitrogen and oxygen atoms in total.